The number of nitrogens with one attached hydrogen (secondary N) is 1. The summed E-state index contributed by atoms with van der Waals surface area (Å²) in [6.45, 7) is 2.28. The van der Waals surface area contributed by atoms with Gasteiger partial charge >= 0.3 is 6.03 Å². The maximum Gasteiger partial charge on any atom is 0.317 e. The minimum absolute atomic E-state index is 0.134. The molecule has 2 rings (SSSR count). The number of aromatic nitrogens is 1. The van der Waals surface area contributed by atoms with Crippen LogP contribution in [0, 0.1) is 11.6 Å². The van der Waals surface area contributed by atoms with E-state index in [1.165, 1.54) is 6.07 Å². The number of nitrogens with zero attached hydrogens (tertiary/aromatic N) is 2. The van der Waals surface area contributed by atoms with Crippen LogP contribution in [-0.2, 0) is 0 Å². The highest BCUT2D eigenvalue weighted by Crippen LogP contribution is 2.17. The quantitative estimate of drug-likeness (QED) is 0.825. The van der Waals surface area contributed by atoms with Crippen molar-refractivity contribution in [1.82, 2.24) is 15.2 Å². The molecule has 1 unspecified atom stereocenters. The van der Waals surface area contributed by atoms with E-state index in [4.69, 9.17) is 4.74 Å². The van der Waals surface area contributed by atoms with Crippen molar-refractivity contribution < 1.29 is 18.3 Å². The molecule has 2 amide bonds. The second-order valence-corrected chi connectivity index (χ2v) is 5.23. The summed E-state index contributed by atoms with van der Waals surface area (Å²) in [4.78, 5) is 17.7. The Morgan fingerprint density at radius 2 is 2.12 bits per heavy atom. The topological polar surface area (TPSA) is 54.5 Å². The molecule has 1 heterocycles. The van der Waals surface area contributed by atoms with E-state index in [-0.39, 0.29) is 31.0 Å². The second-order valence-electron chi connectivity index (χ2n) is 5.23. The van der Waals surface area contributed by atoms with Crippen molar-refractivity contribution in [3.05, 3.63) is 59.9 Å². The molecular formula is C17H19F2N3O2. The Morgan fingerprint density at radius 1 is 1.33 bits per heavy atom. The van der Waals surface area contributed by atoms with Gasteiger partial charge in [0.1, 0.15) is 12.4 Å². The minimum atomic E-state index is -0.971. The van der Waals surface area contributed by atoms with Gasteiger partial charge in [0.2, 0.25) is 0 Å². The fourth-order valence-corrected chi connectivity index (χ4v) is 2.04. The van der Waals surface area contributed by atoms with Crippen LogP contribution in [0.2, 0.25) is 0 Å². The van der Waals surface area contributed by atoms with Crippen LogP contribution in [0.15, 0.2) is 42.7 Å². The number of carbonyl (C=O) groups is 1. The van der Waals surface area contributed by atoms with Crippen molar-refractivity contribution in [1.29, 1.82) is 0 Å². The van der Waals surface area contributed by atoms with Crippen LogP contribution in [0.25, 0.3) is 0 Å². The maximum absolute atomic E-state index is 13.0. The summed E-state index contributed by atoms with van der Waals surface area (Å²) in [6, 6.07) is 6.60. The summed E-state index contributed by atoms with van der Waals surface area (Å²) < 4.78 is 31.1. The van der Waals surface area contributed by atoms with Gasteiger partial charge in [0.15, 0.2) is 11.6 Å². The average Bonchev–Trinajstić information content (AvgIpc) is 2.61. The van der Waals surface area contributed by atoms with Crippen molar-refractivity contribution in [2.45, 2.75) is 13.0 Å². The summed E-state index contributed by atoms with van der Waals surface area (Å²) in [5.41, 5.74) is 0.924. The number of pyridine rings is 1. The average molecular weight is 335 g/mol. The summed E-state index contributed by atoms with van der Waals surface area (Å²) in [7, 11) is 1.68. The van der Waals surface area contributed by atoms with Crippen molar-refractivity contribution >= 4 is 6.03 Å². The van der Waals surface area contributed by atoms with Crippen molar-refractivity contribution in [3.8, 4) is 5.75 Å². The van der Waals surface area contributed by atoms with Crippen LogP contribution < -0.4 is 10.1 Å². The first kappa shape index (κ1) is 17.7. The van der Waals surface area contributed by atoms with Gasteiger partial charge in [-0.15, -0.1) is 0 Å². The molecule has 7 heteroatoms. The zero-order chi connectivity index (χ0) is 17.5. The normalized spacial score (nSPS) is 11.7. The highest BCUT2D eigenvalue weighted by atomic mass is 19.2. The number of hydrogen-bond donors (Lipinski definition) is 1. The molecular weight excluding hydrogens is 316 g/mol. The first-order chi connectivity index (χ1) is 11.5. The van der Waals surface area contributed by atoms with Gasteiger partial charge in [0.05, 0.1) is 12.6 Å². The van der Waals surface area contributed by atoms with Gasteiger partial charge in [-0.25, -0.2) is 13.6 Å². The molecule has 0 aliphatic heterocycles. The maximum atomic E-state index is 13.0. The molecule has 0 aliphatic carbocycles. The highest BCUT2D eigenvalue weighted by Gasteiger charge is 2.16. The number of hydrogen-bond acceptors (Lipinski definition) is 3. The summed E-state index contributed by atoms with van der Waals surface area (Å²) >= 11 is 0. The number of ether oxygens (including phenoxy) is 1. The molecule has 0 saturated heterocycles. The molecule has 1 aromatic carbocycles. The van der Waals surface area contributed by atoms with Crippen LogP contribution in [0.3, 0.4) is 0 Å². The third kappa shape index (κ3) is 4.65. The Kier molecular flexibility index (Phi) is 6.06. The molecule has 5 nitrogen and oxygen atoms in total. The molecule has 0 bridgehead atoms. The Hall–Kier alpha value is -2.70. The molecule has 0 saturated carbocycles. The Bertz CT molecular complexity index is 683. The summed E-state index contributed by atoms with van der Waals surface area (Å²) in [5.74, 6) is -1.69. The van der Waals surface area contributed by atoms with E-state index in [1.54, 1.807) is 24.3 Å². The second kappa shape index (κ2) is 8.24. The van der Waals surface area contributed by atoms with E-state index in [2.05, 4.69) is 10.3 Å². The standard InChI is InChI=1S/C17H19F2N3O2/c1-12(13-4-3-7-20-11-13)22(2)17(23)21-8-9-24-14-5-6-15(18)16(19)10-14/h3-7,10-12H,8-9H2,1-2H3,(H,21,23). The molecule has 0 aliphatic rings. The van der Waals surface area contributed by atoms with E-state index in [0.29, 0.717) is 0 Å². The summed E-state index contributed by atoms with van der Waals surface area (Å²) in [6.07, 6.45) is 3.38. The predicted molar refractivity (Wildman–Crippen MR) is 85.7 cm³/mol. The first-order valence-corrected chi connectivity index (χ1v) is 7.47. The van der Waals surface area contributed by atoms with Crippen LogP contribution in [-0.4, -0.2) is 36.1 Å². The lowest BCUT2D eigenvalue weighted by Crippen LogP contribution is -2.40. The van der Waals surface area contributed by atoms with Gasteiger partial charge in [0.25, 0.3) is 0 Å². The molecule has 24 heavy (non-hydrogen) atoms. The number of rotatable bonds is 6. The lowest BCUT2D eigenvalue weighted by atomic mass is 10.1. The van der Waals surface area contributed by atoms with E-state index in [1.807, 2.05) is 19.1 Å². The number of halogens is 2. The fraction of sp³-hybridized carbons (Fsp3) is 0.294. The van der Waals surface area contributed by atoms with Crippen molar-refractivity contribution in [2.24, 2.45) is 0 Å². The zero-order valence-corrected chi connectivity index (χ0v) is 13.5. The van der Waals surface area contributed by atoms with Gasteiger partial charge in [-0.2, -0.15) is 0 Å². The van der Waals surface area contributed by atoms with Gasteiger partial charge in [-0.05, 0) is 30.7 Å². The zero-order valence-electron chi connectivity index (χ0n) is 13.5. The Morgan fingerprint density at radius 3 is 2.79 bits per heavy atom. The van der Waals surface area contributed by atoms with Crippen LogP contribution in [0.1, 0.15) is 18.5 Å². The number of benzene rings is 1. The smallest absolute Gasteiger partial charge is 0.317 e. The van der Waals surface area contributed by atoms with Crippen LogP contribution in [0.5, 0.6) is 5.75 Å². The monoisotopic (exact) mass is 335 g/mol. The molecule has 2 aromatic rings. The first-order valence-electron chi connectivity index (χ1n) is 7.47. The summed E-state index contributed by atoms with van der Waals surface area (Å²) in [5, 5.41) is 2.70. The minimum Gasteiger partial charge on any atom is -0.492 e. The predicted octanol–water partition coefficient (Wildman–Crippen LogP) is 3.14. The largest absolute Gasteiger partial charge is 0.492 e. The molecule has 0 fully saturated rings. The van der Waals surface area contributed by atoms with Gasteiger partial charge in [0, 0.05) is 25.5 Å². The van der Waals surface area contributed by atoms with Gasteiger partial charge in [-0.3, -0.25) is 4.98 Å². The third-order valence-corrected chi connectivity index (χ3v) is 3.61. The molecule has 1 atom stereocenters. The fourth-order valence-electron chi connectivity index (χ4n) is 2.04. The van der Waals surface area contributed by atoms with Crippen molar-refractivity contribution in [2.75, 3.05) is 20.2 Å². The van der Waals surface area contributed by atoms with E-state index in [9.17, 15) is 13.6 Å². The van der Waals surface area contributed by atoms with Gasteiger partial charge in [-0.1, -0.05) is 6.07 Å². The molecule has 128 valence electrons. The lowest BCUT2D eigenvalue weighted by Gasteiger charge is -2.25. The van der Waals surface area contributed by atoms with Crippen LogP contribution in [0.4, 0.5) is 13.6 Å². The van der Waals surface area contributed by atoms with Gasteiger partial charge < -0.3 is 15.0 Å². The Labute approximate surface area is 139 Å². The number of carbonyl (C=O) groups excluding carboxylic acids is 1. The number of urea groups is 1. The van der Waals surface area contributed by atoms with Crippen molar-refractivity contribution in [3.63, 3.8) is 0 Å². The van der Waals surface area contributed by atoms with E-state index >= 15 is 0 Å². The lowest BCUT2D eigenvalue weighted by molar-refractivity contribution is 0.191. The molecule has 1 aromatic heterocycles. The molecule has 0 spiro atoms. The van der Waals surface area contributed by atoms with E-state index in [0.717, 1.165) is 17.7 Å². The SMILES string of the molecule is CC(c1cccnc1)N(C)C(=O)NCCOc1ccc(F)c(F)c1. The highest BCUT2D eigenvalue weighted by molar-refractivity contribution is 5.74. The Balaban J connectivity index is 1.77. The third-order valence-electron chi connectivity index (χ3n) is 3.61. The van der Waals surface area contributed by atoms with E-state index < -0.39 is 11.6 Å². The molecule has 1 N–H and O–H groups in total. The number of amides is 2. The molecule has 0 radical (unpaired) electrons. The van der Waals surface area contributed by atoms with Crippen LogP contribution >= 0.6 is 0 Å².